The summed E-state index contributed by atoms with van der Waals surface area (Å²) in [6.45, 7) is 7.96. The zero-order chi connectivity index (χ0) is 29.3. The number of fused-ring (bicyclic) bond motifs is 1. The van der Waals surface area contributed by atoms with Crippen LogP contribution >= 0.6 is 22.9 Å². The molecule has 0 amide bonds. The van der Waals surface area contributed by atoms with Crippen LogP contribution in [0.25, 0.3) is 28.0 Å². The maximum absolute atomic E-state index is 6.75. The molecule has 0 aliphatic heterocycles. The minimum atomic E-state index is -1.28. The van der Waals surface area contributed by atoms with Gasteiger partial charge in [-0.2, -0.15) is 5.10 Å². The van der Waals surface area contributed by atoms with E-state index in [9.17, 15) is 0 Å². The van der Waals surface area contributed by atoms with E-state index in [4.69, 9.17) is 27.1 Å². The van der Waals surface area contributed by atoms with Crippen LogP contribution in [0.5, 0.6) is 0 Å². The van der Waals surface area contributed by atoms with E-state index in [2.05, 4.69) is 44.9 Å². The normalized spacial score (nSPS) is 14.2. The summed E-state index contributed by atoms with van der Waals surface area (Å²) in [7, 11) is -1.28. The van der Waals surface area contributed by atoms with Gasteiger partial charge in [-0.05, 0) is 43.2 Å². The highest BCUT2D eigenvalue weighted by Crippen LogP contribution is 2.41. The van der Waals surface area contributed by atoms with Gasteiger partial charge < -0.3 is 10.5 Å². The van der Waals surface area contributed by atoms with Crippen LogP contribution in [0.15, 0.2) is 49.1 Å². The smallest absolute Gasteiger partial charge is 0.215 e. The van der Waals surface area contributed by atoms with E-state index >= 15 is 0 Å². The Balaban J connectivity index is 1.45. The Morgan fingerprint density at radius 1 is 1.10 bits per heavy atom. The second-order valence-electron chi connectivity index (χ2n) is 11.8. The van der Waals surface area contributed by atoms with Crippen LogP contribution < -0.4 is 10.6 Å². The summed E-state index contributed by atoms with van der Waals surface area (Å²) in [6.07, 6.45) is 11.7. The van der Waals surface area contributed by atoms with Crippen molar-refractivity contribution in [2.24, 2.45) is 0 Å². The van der Waals surface area contributed by atoms with Crippen LogP contribution in [-0.2, 0) is 4.74 Å². The Kier molecular flexibility index (Phi) is 8.21. The topological polar surface area (TPSA) is 121 Å². The Morgan fingerprint density at radius 2 is 1.93 bits per heavy atom. The van der Waals surface area contributed by atoms with E-state index in [0.717, 1.165) is 40.2 Å². The number of pyridine rings is 3. The van der Waals surface area contributed by atoms with E-state index in [-0.39, 0.29) is 6.73 Å². The SMILES string of the molecule is C[Si](C)(C)CCOCN(c1nnc(C2CCCC2)s1)c1nc2cc(N)cnc2cc1-c1cnc(-n2cccn2)c(Cl)c1. The molecule has 0 saturated heterocycles. The molecule has 5 heterocycles. The molecule has 42 heavy (non-hydrogen) atoms. The van der Waals surface area contributed by atoms with Gasteiger partial charge >= 0.3 is 0 Å². The molecule has 2 N–H and O–H groups in total. The average molecular weight is 620 g/mol. The van der Waals surface area contributed by atoms with Crippen molar-refractivity contribution in [1.29, 1.82) is 0 Å². The second kappa shape index (κ2) is 12.0. The predicted molar refractivity (Wildman–Crippen MR) is 172 cm³/mol. The summed E-state index contributed by atoms with van der Waals surface area (Å²) < 4.78 is 7.94. The molecule has 0 spiro atoms. The third kappa shape index (κ3) is 6.31. The van der Waals surface area contributed by atoms with Crippen LogP contribution in [0.1, 0.15) is 36.6 Å². The van der Waals surface area contributed by atoms with Crippen molar-refractivity contribution >= 4 is 58.7 Å². The summed E-state index contributed by atoms with van der Waals surface area (Å²) in [6, 6.07) is 8.58. The molecule has 1 aliphatic rings. The Hall–Kier alpha value is -3.45. The summed E-state index contributed by atoms with van der Waals surface area (Å²) in [5, 5.41) is 15.8. The highest BCUT2D eigenvalue weighted by atomic mass is 35.5. The Bertz CT molecular complexity index is 1680. The number of anilines is 3. The van der Waals surface area contributed by atoms with Crippen molar-refractivity contribution in [2.75, 3.05) is 24.0 Å². The molecule has 0 bridgehead atoms. The standard InChI is InChI=1S/C29H34ClN9OSSi/c1-42(2,3)12-11-40-18-38(29-37-36-28(41-29)19-7-4-5-8-19)26-22(15-24-25(35-26)14-21(31)17-32-24)20-13-23(30)27(33-16-20)39-10-6-9-34-39/h6,9-10,13-17,19H,4-5,7-8,11-12,18,31H2,1-3H3. The third-order valence-corrected chi connectivity index (χ3v) is 10.4. The van der Waals surface area contributed by atoms with Gasteiger partial charge in [-0.25, -0.2) is 14.6 Å². The monoisotopic (exact) mass is 619 g/mol. The first-order valence-electron chi connectivity index (χ1n) is 14.2. The Labute approximate surface area is 255 Å². The number of nitrogens with zero attached hydrogens (tertiary/aromatic N) is 8. The molecule has 0 radical (unpaired) electrons. The molecule has 1 aliphatic carbocycles. The van der Waals surface area contributed by atoms with Crippen molar-refractivity contribution in [2.45, 2.75) is 57.3 Å². The largest absolute Gasteiger partial charge is 0.397 e. The predicted octanol–water partition coefficient (Wildman–Crippen LogP) is 7.07. The Morgan fingerprint density at radius 3 is 2.67 bits per heavy atom. The average Bonchev–Trinajstić information content (AvgIpc) is 3.75. The van der Waals surface area contributed by atoms with Crippen molar-refractivity contribution in [3.63, 3.8) is 0 Å². The number of aromatic nitrogens is 7. The second-order valence-corrected chi connectivity index (χ2v) is 18.8. The lowest BCUT2D eigenvalue weighted by Crippen LogP contribution is -2.26. The molecular weight excluding hydrogens is 586 g/mol. The summed E-state index contributed by atoms with van der Waals surface area (Å²) in [4.78, 5) is 16.3. The van der Waals surface area contributed by atoms with E-state index in [1.165, 1.54) is 12.8 Å². The van der Waals surface area contributed by atoms with Gasteiger partial charge in [-0.1, -0.05) is 55.4 Å². The van der Waals surface area contributed by atoms with Crippen LogP contribution in [0.3, 0.4) is 0 Å². The number of halogens is 1. The van der Waals surface area contributed by atoms with Gasteiger partial charge in [0.15, 0.2) is 5.82 Å². The van der Waals surface area contributed by atoms with Gasteiger partial charge in [-0.3, -0.25) is 9.88 Å². The first kappa shape index (κ1) is 28.7. The lowest BCUT2D eigenvalue weighted by atomic mass is 10.1. The molecule has 1 fully saturated rings. The van der Waals surface area contributed by atoms with Crippen molar-refractivity contribution in [1.82, 2.24) is 34.9 Å². The quantitative estimate of drug-likeness (QED) is 0.0993. The van der Waals surface area contributed by atoms with Gasteiger partial charge in [0.05, 0.1) is 27.9 Å². The zero-order valence-corrected chi connectivity index (χ0v) is 26.6. The van der Waals surface area contributed by atoms with Crippen molar-refractivity contribution in [3.8, 4) is 16.9 Å². The number of ether oxygens (including phenoxy) is 1. The molecule has 218 valence electrons. The molecule has 13 heteroatoms. The fraction of sp³-hybridized carbons (Fsp3) is 0.379. The first-order chi connectivity index (χ1) is 20.2. The summed E-state index contributed by atoms with van der Waals surface area (Å²) in [5.74, 6) is 1.65. The van der Waals surface area contributed by atoms with Gasteiger partial charge in [-0.15, -0.1) is 10.2 Å². The molecule has 10 nitrogen and oxygen atoms in total. The molecule has 0 aromatic carbocycles. The van der Waals surface area contributed by atoms with Crippen LogP contribution in [0.4, 0.5) is 16.6 Å². The van der Waals surface area contributed by atoms with Gasteiger partial charge in [0, 0.05) is 50.3 Å². The van der Waals surface area contributed by atoms with E-state index in [0.29, 0.717) is 45.9 Å². The molecule has 6 rings (SSSR count). The zero-order valence-electron chi connectivity index (χ0n) is 24.0. The van der Waals surface area contributed by atoms with Gasteiger partial charge in [0.1, 0.15) is 17.6 Å². The first-order valence-corrected chi connectivity index (χ1v) is 19.1. The highest BCUT2D eigenvalue weighted by molar-refractivity contribution is 7.15. The highest BCUT2D eigenvalue weighted by Gasteiger charge is 2.26. The minimum absolute atomic E-state index is 0.275. The molecule has 0 unspecified atom stereocenters. The van der Waals surface area contributed by atoms with Gasteiger partial charge in [0.25, 0.3) is 0 Å². The fourth-order valence-electron chi connectivity index (χ4n) is 5.03. The minimum Gasteiger partial charge on any atom is -0.397 e. The molecule has 0 atom stereocenters. The molecule has 5 aromatic rings. The van der Waals surface area contributed by atoms with Crippen LogP contribution in [0.2, 0.25) is 30.7 Å². The van der Waals surface area contributed by atoms with Crippen molar-refractivity contribution in [3.05, 3.63) is 59.1 Å². The number of nitrogen functional groups attached to an aromatic ring is 1. The van der Waals surface area contributed by atoms with Crippen LogP contribution in [0, 0.1) is 0 Å². The maximum Gasteiger partial charge on any atom is 0.215 e. The van der Waals surface area contributed by atoms with E-state index in [1.54, 1.807) is 34.6 Å². The number of nitrogens with two attached hydrogens (primary N) is 1. The third-order valence-electron chi connectivity index (χ3n) is 7.36. The molecule has 5 aromatic heterocycles. The number of hydrogen-bond donors (Lipinski definition) is 1. The lowest BCUT2D eigenvalue weighted by molar-refractivity contribution is 0.153. The molecule has 1 saturated carbocycles. The van der Waals surface area contributed by atoms with Gasteiger partial charge in [0.2, 0.25) is 5.13 Å². The molecular formula is C29H34ClN9OSSi. The van der Waals surface area contributed by atoms with E-state index in [1.807, 2.05) is 35.4 Å². The lowest BCUT2D eigenvalue weighted by Gasteiger charge is -2.24. The number of hydrogen-bond acceptors (Lipinski definition) is 10. The fourth-order valence-corrected chi connectivity index (χ4v) is 7.04. The summed E-state index contributed by atoms with van der Waals surface area (Å²) in [5.41, 5.74) is 9.62. The maximum atomic E-state index is 6.75. The number of rotatable bonds is 10. The van der Waals surface area contributed by atoms with Crippen LogP contribution in [-0.4, -0.2) is 56.3 Å². The van der Waals surface area contributed by atoms with Crippen molar-refractivity contribution < 1.29 is 4.74 Å². The summed E-state index contributed by atoms with van der Waals surface area (Å²) >= 11 is 8.36. The van der Waals surface area contributed by atoms with E-state index < -0.39 is 8.07 Å².